The van der Waals surface area contributed by atoms with Crippen molar-refractivity contribution in [2.75, 3.05) is 19.6 Å². The van der Waals surface area contributed by atoms with E-state index < -0.39 is 0 Å². The van der Waals surface area contributed by atoms with E-state index in [1.54, 1.807) is 0 Å². The van der Waals surface area contributed by atoms with Gasteiger partial charge in [0, 0.05) is 12.7 Å². The first kappa shape index (κ1) is 11.5. The summed E-state index contributed by atoms with van der Waals surface area (Å²) in [7, 11) is 0. The smallest absolute Gasteiger partial charge is 0.125 e. The van der Waals surface area contributed by atoms with Gasteiger partial charge in [0.1, 0.15) is 5.82 Å². The van der Waals surface area contributed by atoms with Gasteiger partial charge < -0.3 is 10.6 Å². The van der Waals surface area contributed by atoms with E-state index in [-0.39, 0.29) is 0 Å². The van der Waals surface area contributed by atoms with E-state index >= 15 is 0 Å². The second-order valence-corrected chi connectivity index (χ2v) is 4.42. The highest BCUT2D eigenvalue weighted by Gasteiger charge is 2.11. The minimum absolute atomic E-state index is 0.823. The molecule has 16 heavy (non-hydrogen) atoms. The fraction of sp³-hybridized carbons (Fsp3) is 0.667. The lowest BCUT2D eigenvalue weighted by atomic mass is 9.98. The van der Waals surface area contributed by atoms with Gasteiger partial charge in [-0.25, -0.2) is 9.97 Å². The van der Waals surface area contributed by atoms with Crippen LogP contribution in [-0.2, 0) is 6.54 Å². The molecule has 2 rings (SSSR count). The van der Waals surface area contributed by atoms with Crippen LogP contribution in [0.4, 0.5) is 0 Å². The molecule has 0 bridgehead atoms. The highest BCUT2D eigenvalue weighted by molar-refractivity contribution is 5.00. The molecule has 0 radical (unpaired) electrons. The highest BCUT2D eigenvalue weighted by Crippen LogP contribution is 2.09. The molecule has 0 spiro atoms. The first-order valence-electron chi connectivity index (χ1n) is 6.04. The van der Waals surface area contributed by atoms with Crippen molar-refractivity contribution in [3.63, 3.8) is 0 Å². The van der Waals surface area contributed by atoms with Crippen LogP contribution in [0.5, 0.6) is 0 Å². The van der Waals surface area contributed by atoms with Gasteiger partial charge >= 0.3 is 0 Å². The van der Waals surface area contributed by atoms with Crippen LogP contribution in [0.15, 0.2) is 12.3 Å². The Morgan fingerprint density at radius 3 is 3.00 bits per heavy atom. The summed E-state index contributed by atoms with van der Waals surface area (Å²) >= 11 is 0. The van der Waals surface area contributed by atoms with Crippen LogP contribution in [0.1, 0.15) is 24.4 Å². The van der Waals surface area contributed by atoms with Crippen molar-refractivity contribution in [2.24, 2.45) is 5.92 Å². The molecule has 4 nitrogen and oxygen atoms in total. The van der Waals surface area contributed by atoms with Crippen molar-refractivity contribution >= 4 is 0 Å². The summed E-state index contributed by atoms with van der Waals surface area (Å²) in [6.45, 7) is 6.21. The molecule has 88 valence electrons. The summed E-state index contributed by atoms with van der Waals surface area (Å²) in [6.07, 6.45) is 4.40. The van der Waals surface area contributed by atoms with Crippen LogP contribution in [0.25, 0.3) is 0 Å². The summed E-state index contributed by atoms with van der Waals surface area (Å²) in [6, 6.07) is 1.97. The molecule has 2 heterocycles. The van der Waals surface area contributed by atoms with Gasteiger partial charge in [0.2, 0.25) is 0 Å². The van der Waals surface area contributed by atoms with Crippen LogP contribution in [0.2, 0.25) is 0 Å². The number of aromatic nitrogens is 2. The average Bonchev–Trinajstić information content (AvgIpc) is 2.30. The van der Waals surface area contributed by atoms with Crippen LogP contribution < -0.4 is 10.6 Å². The van der Waals surface area contributed by atoms with E-state index in [1.165, 1.54) is 25.9 Å². The molecule has 0 atom stereocenters. The van der Waals surface area contributed by atoms with Crippen LogP contribution >= 0.6 is 0 Å². The number of piperidine rings is 1. The molecule has 0 unspecified atom stereocenters. The quantitative estimate of drug-likeness (QED) is 0.790. The fourth-order valence-electron chi connectivity index (χ4n) is 2.09. The molecule has 1 saturated heterocycles. The first-order chi connectivity index (χ1) is 7.84. The normalized spacial score (nSPS) is 17.6. The van der Waals surface area contributed by atoms with Gasteiger partial charge in [-0.1, -0.05) is 0 Å². The van der Waals surface area contributed by atoms with Crippen molar-refractivity contribution in [2.45, 2.75) is 26.3 Å². The standard InChI is InChI=1S/C12H20N4/c1-10-15-7-4-12(16-10)9-14-8-11-2-5-13-6-3-11/h4,7,11,13-14H,2-3,5-6,8-9H2,1H3. The molecule has 0 aliphatic carbocycles. The molecule has 0 saturated carbocycles. The molecule has 1 aliphatic heterocycles. The zero-order valence-corrected chi connectivity index (χ0v) is 9.87. The summed E-state index contributed by atoms with van der Waals surface area (Å²) in [5, 5.41) is 6.86. The number of nitrogens with zero attached hydrogens (tertiary/aromatic N) is 2. The molecular formula is C12H20N4. The number of rotatable bonds is 4. The largest absolute Gasteiger partial charge is 0.317 e. The Labute approximate surface area is 96.9 Å². The lowest BCUT2D eigenvalue weighted by molar-refractivity contribution is 0.356. The maximum absolute atomic E-state index is 4.37. The highest BCUT2D eigenvalue weighted by atomic mass is 14.9. The van der Waals surface area contributed by atoms with E-state index in [0.29, 0.717) is 0 Å². The Bertz CT molecular complexity index is 321. The van der Waals surface area contributed by atoms with Crippen molar-refractivity contribution < 1.29 is 0 Å². The molecule has 1 fully saturated rings. The molecule has 1 aromatic rings. The monoisotopic (exact) mass is 220 g/mol. The van der Waals surface area contributed by atoms with Crippen molar-refractivity contribution in [3.05, 3.63) is 23.8 Å². The predicted octanol–water partition coefficient (Wildman–Crippen LogP) is 0.874. The Balaban J connectivity index is 1.71. The summed E-state index contributed by atoms with van der Waals surface area (Å²) in [4.78, 5) is 8.46. The topological polar surface area (TPSA) is 49.8 Å². The number of hydrogen-bond acceptors (Lipinski definition) is 4. The van der Waals surface area contributed by atoms with Gasteiger partial charge in [-0.2, -0.15) is 0 Å². The number of aryl methyl sites for hydroxylation is 1. The Hall–Kier alpha value is -1.00. The maximum atomic E-state index is 4.37. The Kier molecular flexibility index (Phi) is 4.25. The van der Waals surface area contributed by atoms with Crippen LogP contribution in [0, 0.1) is 12.8 Å². The SMILES string of the molecule is Cc1nccc(CNCC2CCNCC2)n1. The first-order valence-corrected chi connectivity index (χ1v) is 6.04. The summed E-state index contributed by atoms with van der Waals surface area (Å²) < 4.78 is 0. The second kappa shape index (κ2) is 5.92. The fourth-order valence-corrected chi connectivity index (χ4v) is 2.09. The van der Waals surface area contributed by atoms with Gasteiger partial charge in [0.05, 0.1) is 5.69 Å². The minimum Gasteiger partial charge on any atom is -0.317 e. The van der Waals surface area contributed by atoms with Crippen molar-refractivity contribution in [1.29, 1.82) is 0 Å². The third-order valence-corrected chi connectivity index (χ3v) is 3.03. The Morgan fingerprint density at radius 2 is 2.25 bits per heavy atom. The Morgan fingerprint density at radius 1 is 1.44 bits per heavy atom. The molecule has 2 N–H and O–H groups in total. The molecule has 1 aromatic heterocycles. The number of hydrogen-bond donors (Lipinski definition) is 2. The molecule has 0 amide bonds. The third kappa shape index (κ3) is 3.54. The lowest BCUT2D eigenvalue weighted by Crippen LogP contribution is -2.33. The molecule has 1 aliphatic rings. The van der Waals surface area contributed by atoms with Crippen LogP contribution in [0.3, 0.4) is 0 Å². The van der Waals surface area contributed by atoms with E-state index in [9.17, 15) is 0 Å². The second-order valence-electron chi connectivity index (χ2n) is 4.42. The van der Waals surface area contributed by atoms with Gasteiger partial charge in [-0.15, -0.1) is 0 Å². The van der Waals surface area contributed by atoms with Gasteiger partial charge in [0.15, 0.2) is 0 Å². The summed E-state index contributed by atoms with van der Waals surface area (Å²) in [5.41, 5.74) is 1.08. The zero-order valence-electron chi connectivity index (χ0n) is 9.87. The molecular weight excluding hydrogens is 200 g/mol. The molecule has 4 heteroatoms. The van der Waals surface area contributed by atoms with Crippen molar-refractivity contribution in [1.82, 2.24) is 20.6 Å². The van der Waals surface area contributed by atoms with E-state index in [2.05, 4.69) is 20.6 Å². The van der Waals surface area contributed by atoms with E-state index in [4.69, 9.17) is 0 Å². The number of nitrogens with one attached hydrogen (secondary N) is 2. The van der Waals surface area contributed by atoms with Gasteiger partial charge in [-0.05, 0) is 51.4 Å². The van der Waals surface area contributed by atoms with Gasteiger partial charge in [0.25, 0.3) is 0 Å². The molecule has 0 aromatic carbocycles. The van der Waals surface area contributed by atoms with E-state index in [0.717, 1.165) is 30.5 Å². The minimum atomic E-state index is 0.823. The summed E-state index contributed by atoms with van der Waals surface area (Å²) in [5.74, 6) is 1.67. The van der Waals surface area contributed by atoms with Gasteiger partial charge in [-0.3, -0.25) is 0 Å². The average molecular weight is 220 g/mol. The predicted molar refractivity (Wildman–Crippen MR) is 64.1 cm³/mol. The zero-order chi connectivity index (χ0) is 11.2. The van der Waals surface area contributed by atoms with Crippen molar-refractivity contribution in [3.8, 4) is 0 Å². The maximum Gasteiger partial charge on any atom is 0.125 e. The van der Waals surface area contributed by atoms with Crippen LogP contribution in [-0.4, -0.2) is 29.6 Å². The van der Waals surface area contributed by atoms with E-state index in [1.807, 2.05) is 19.2 Å². The lowest BCUT2D eigenvalue weighted by Gasteiger charge is -2.22. The third-order valence-electron chi connectivity index (χ3n) is 3.03.